The van der Waals surface area contributed by atoms with Crippen LogP contribution < -0.4 is 4.90 Å². The van der Waals surface area contributed by atoms with Crippen LogP contribution in [0.2, 0.25) is 0 Å². The molecule has 0 bridgehead atoms. The van der Waals surface area contributed by atoms with Gasteiger partial charge in [-0.25, -0.2) is 4.90 Å². The number of carbonyl (C=O) groups is 3. The first-order chi connectivity index (χ1) is 15.9. The van der Waals surface area contributed by atoms with Crippen molar-refractivity contribution in [2.45, 2.75) is 45.2 Å². The first-order valence-corrected chi connectivity index (χ1v) is 11.3. The van der Waals surface area contributed by atoms with Crippen LogP contribution in [0.5, 0.6) is 0 Å². The Balaban J connectivity index is 1.61. The molecular weight excluding hydrogens is 412 g/mol. The molecular formula is C28H28N2O3. The molecule has 5 heteroatoms. The second-order valence-corrected chi connectivity index (χ2v) is 8.70. The van der Waals surface area contributed by atoms with E-state index in [1.165, 1.54) is 4.90 Å². The van der Waals surface area contributed by atoms with Crippen molar-refractivity contribution >= 4 is 23.4 Å². The largest absolute Gasteiger partial charge is 0.325 e. The number of hydrogen-bond donors (Lipinski definition) is 0. The van der Waals surface area contributed by atoms with E-state index < -0.39 is 6.04 Å². The predicted octanol–water partition coefficient (Wildman–Crippen LogP) is 4.71. The van der Waals surface area contributed by atoms with Gasteiger partial charge in [0.05, 0.1) is 18.5 Å². The first kappa shape index (κ1) is 22.5. The molecule has 1 saturated heterocycles. The summed E-state index contributed by atoms with van der Waals surface area (Å²) in [7, 11) is 0. The van der Waals surface area contributed by atoms with Gasteiger partial charge in [0.1, 0.15) is 6.04 Å². The van der Waals surface area contributed by atoms with Gasteiger partial charge in [-0.05, 0) is 34.7 Å². The minimum Gasteiger partial charge on any atom is -0.325 e. The van der Waals surface area contributed by atoms with E-state index in [1.807, 2.05) is 72.8 Å². The molecule has 1 aliphatic rings. The molecule has 168 valence electrons. The summed E-state index contributed by atoms with van der Waals surface area (Å²) < 4.78 is 0. The van der Waals surface area contributed by atoms with Crippen molar-refractivity contribution in [2.75, 3.05) is 4.90 Å². The molecule has 0 radical (unpaired) electrons. The van der Waals surface area contributed by atoms with Crippen molar-refractivity contribution < 1.29 is 14.4 Å². The summed E-state index contributed by atoms with van der Waals surface area (Å²) in [4.78, 5) is 42.5. The zero-order chi connectivity index (χ0) is 23.4. The van der Waals surface area contributed by atoms with Crippen LogP contribution >= 0.6 is 0 Å². The molecule has 0 N–H and O–H groups in total. The fourth-order valence-electron chi connectivity index (χ4n) is 4.16. The highest BCUT2D eigenvalue weighted by Crippen LogP contribution is 2.28. The van der Waals surface area contributed by atoms with Gasteiger partial charge in [0.25, 0.3) is 5.91 Å². The second-order valence-electron chi connectivity index (χ2n) is 8.70. The minimum absolute atomic E-state index is 0.0157. The average molecular weight is 441 g/mol. The molecule has 0 aliphatic carbocycles. The minimum atomic E-state index is -0.821. The number of imide groups is 1. The van der Waals surface area contributed by atoms with Crippen LogP contribution in [-0.4, -0.2) is 28.7 Å². The Bertz CT molecular complexity index is 1120. The summed E-state index contributed by atoms with van der Waals surface area (Å²) in [5.41, 5.74) is 3.47. The van der Waals surface area contributed by atoms with Gasteiger partial charge in [0.2, 0.25) is 11.8 Å². The molecule has 33 heavy (non-hydrogen) atoms. The number of rotatable bonds is 7. The molecule has 3 amide bonds. The summed E-state index contributed by atoms with van der Waals surface area (Å²) in [5, 5.41) is 0. The fourth-order valence-corrected chi connectivity index (χ4v) is 4.16. The van der Waals surface area contributed by atoms with Gasteiger partial charge < -0.3 is 4.90 Å². The van der Waals surface area contributed by atoms with Crippen molar-refractivity contribution in [2.24, 2.45) is 0 Å². The third-order valence-electron chi connectivity index (χ3n) is 6.03. The van der Waals surface area contributed by atoms with Crippen LogP contribution in [0.1, 0.15) is 42.9 Å². The maximum Gasteiger partial charge on any atom is 0.257 e. The molecule has 4 rings (SSSR count). The van der Waals surface area contributed by atoms with Crippen LogP contribution in [0.3, 0.4) is 0 Å². The van der Waals surface area contributed by atoms with Crippen LogP contribution in [-0.2, 0) is 27.3 Å². The van der Waals surface area contributed by atoms with E-state index in [4.69, 9.17) is 0 Å². The maximum absolute atomic E-state index is 13.4. The zero-order valence-corrected chi connectivity index (χ0v) is 19.0. The van der Waals surface area contributed by atoms with Gasteiger partial charge in [-0.1, -0.05) is 86.6 Å². The molecule has 3 aromatic carbocycles. The van der Waals surface area contributed by atoms with Crippen LogP contribution in [0.4, 0.5) is 5.69 Å². The lowest BCUT2D eigenvalue weighted by Crippen LogP contribution is -2.45. The lowest BCUT2D eigenvalue weighted by Gasteiger charge is -2.28. The number of amides is 3. The lowest BCUT2D eigenvalue weighted by molar-refractivity contribution is -0.138. The lowest BCUT2D eigenvalue weighted by atomic mass is 10.0. The molecule has 5 nitrogen and oxygen atoms in total. The molecule has 0 aromatic heterocycles. The standard InChI is InChI=1S/C28H28N2O3/c1-20(2)23-13-15-24(16-14-23)30-27(32)18-25(28(30)33)29(19-22-11-7-4-8-12-22)26(31)17-21-9-5-3-6-10-21/h3-16,20,25H,17-19H2,1-2H3. The molecule has 1 heterocycles. The Morgan fingerprint density at radius 1 is 0.879 bits per heavy atom. The average Bonchev–Trinajstić information content (AvgIpc) is 3.12. The summed E-state index contributed by atoms with van der Waals surface area (Å²) >= 11 is 0. The molecule has 0 spiro atoms. The monoisotopic (exact) mass is 440 g/mol. The van der Waals surface area contributed by atoms with Crippen LogP contribution in [0.15, 0.2) is 84.9 Å². The van der Waals surface area contributed by atoms with E-state index in [-0.39, 0.29) is 37.1 Å². The van der Waals surface area contributed by atoms with Gasteiger partial charge in [-0.3, -0.25) is 14.4 Å². The van der Waals surface area contributed by atoms with Gasteiger partial charge >= 0.3 is 0 Å². The molecule has 1 aliphatic heterocycles. The summed E-state index contributed by atoms with van der Waals surface area (Å²) in [6.45, 7) is 4.46. The third kappa shape index (κ3) is 5.03. The molecule has 0 saturated carbocycles. The maximum atomic E-state index is 13.4. The van der Waals surface area contributed by atoms with E-state index in [0.29, 0.717) is 11.6 Å². The third-order valence-corrected chi connectivity index (χ3v) is 6.03. The highest BCUT2D eigenvalue weighted by Gasteiger charge is 2.44. The highest BCUT2D eigenvalue weighted by atomic mass is 16.2. The van der Waals surface area contributed by atoms with Gasteiger partial charge in [-0.15, -0.1) is 0 Å². The Labute approximate surface area is 194 Å². The van der Waals surface area contributed by atoms with Crippen LogP contribution in [0, 0.1) is 0 Å². The Morgan fingerprint density at radius 2 is 1.45 bits per heavy atom. The molecule has 1 atom stereocenters. The van der Waals surface area contributed by atoms with E-state index in [0.717, 1.165) is 16.7 Å². The smallest absolute Gasteiger partial charge is 0.257 e. The van der Waals surface area contributed by atoms with E-state index in [9.17, 15) is 14.4 Å². The van der Waals surface area contributed by atoms with Crippen molar-refractivity contribution in [1.29, 1.82) is 0 Å². The van der Waals surface area contributed by atoms with E-state index in [1.54, 1.807) is 17.0 Å². The summed E-state index contributed by atoms with van der Waals surface area (Å²) in [5.74, 6) is -0.454. The fraction of sp³-hybridized carbons (Fsp3) is 0.250. The van der Waals surface area contributed by atoms with Gasteiger partial charge in [0, 0.05) is 6.54 Å². The van der Waals surface area contributed by atoms with Gasteiger partial charge in [-0.2, -0.15) is 0 Å². The molecule has 1 unspecified atom stereocenters. The van der Waals surface area contributed by atoms with Crippen molar-refractivity contribution in [3.05, 3.63) is 102 Å². The number of benzene rings is 3. The van der Waals surface area contributed by atoms with Crippen molar-refractivity contribution in [3.8, 4) is 0 Å². The van der Waals surface area contributed by atoms with E-state index >= 15 is 0 Å². The second kappa shape index (κ2) is 9.82. The van der Waals surface area contributed by atoms with E-state index in [2.05, 4.69) is 13.8 Å². The quantitative estimate of drug-likeness (QED) is 0.500. The SMILES string of the molecule is CC(C)c1ccc(N2C(=O)CC(N(Cc3ccccc3)C(=O)Cc3ccccc3)C2=O)cc1. The molecule has 3 aromatic rings. The summed E-state index contributed by atoms with van der Waals surface area (Å²) in [6.07, 6.45) is 0.160. The van der Waals surface area contributed by atoms with Crippen LogP contribution in [0.25, 0.3) is 0 Å². The number of anilines is 1. The Morgan fingerprint density at radius 3 is 2.03 bits per heavy atom. The number of hydrogen-bond acceptors (Lipinski definition) is 3. The Hall–Kier alpha value is -3.73. The number of nitrogens with zero attached hydrogens (tertiary/aromatic N) is 2. The van der Waals surface area contributed by atoms with Crippen molar-refractivity contribution in [1.82, 2.24) is 4.90 Å². The predicted molar refractivity (Wildman–Crippen MR) is 129 cm³/mol. The summed E-state index contributed by atoms with van der Waals surface area (Å²) in [6, 6.07) is 25.7. The Kier molecular flexibility index (Phi) is 6.68. The topological polar surface area (TPSA) is 57.7 Å². The van der Waals surface area contributed by atoms with Gasteiger partial charge in [0.15, 0.2) is 0 Å². The zero-order valence-electron chi connectivity index (χ0n) is 19.0. The normalized spacial score (nSPS) is 15.8. The first-order valence-electron chi connectivity index (χ1n) is 11.3. The van der Waals surface area contributed by atoms with Crippen molar-refractivity contribution in [3.63, 3.8) is 0 Å². The molecule has 1 fully saturated rings. The highest BCUT2D eigenvalue weighted by molar-refractivity contribution is 6.23. The number of carbonyl (C=O) groups excluding carboxylic acids is 3.